The smallest absolute Gasteiger partial charge is 0.0367 e. The van der Waals surface area contributed by atoms with Crippen LogP contribution in [0.1, 0.15) is 81.7 Å². The first-order chi connectivity index (χ1) is 13.4. The van der Waals surface area contributed by atoms with E-state index in [2.05, 4.69) is 75.7 Å². The summed E-state index contributed by atoms with van der Waals surface area (Å²) in [5, 5.41) is 0. The molecule has 0 unspecified atom stereocenters. The Morgan fingerprint density at radius 2 is 1.07 bits per heavy atom. The number of nitrogens with zero attached hydrogens (tertiary/aromatic N) is 2. The maximum absolute atomic E-state index is 2.49. The Morgan fingerprint density at radius 3 is 1.43 bits per heavy atom. The van der Waals surface area contributed by atoms with Crippen molar-refractivity contribution in [3.05, 3.63) is 46.5 Å². The molecule has 0 amide bonds. The monoisotopic (exact) mass is 388 g/mol. The quantitative estimate of drug-likeness (QED) is 0.490. The van der Waals surface area contributed by atoms with Gasteiger partial charge in [0.2, 0.25) is 0 Å². The molecule has 0 aromatic heterocycles. The van der Waals surface area contributed by atoms with Gasteiger partial charge in [-0.1, -0.05) is 64.8 Å². The van der Waals surface area contributed by atoms with Gasteiger partial charge in [-0.25, -0.2) is 0 Å². The second-order valence-electron chi connectivity index (χ2n) is 6.84. The van der Waals surface area contributed by atoms with Crippen molar-refractivity contribution in [3.8, 4) is 0 Å². The Morgan fingerprint density at radius 1 is 0.643 bits per heavy atom. The van der Waals surface area contributed by atoms with Crippen LogP contribution in [0.15, 0.2) is 41.0 Å². The minimum atomic E-state index is 1.12. The molecular weight excluding hydrogens is 340 g/mol. The molecule has 0 atom stereocenters. The topological polar surface area (TPSA) is 6.48 Å². The van der Waals surface area contributed by atoms with Gasteiger partial charge in [0, 0.05) is 31.9 Å². The van der Waals surface area contributed by atoms with Crippen molar-refractivity contribution in [1.82, 2.24) is 4.90 Å². The van der Waals surface area contributed by atoms with E-state index in [0.717, 1.165) is 26.2 Å². The molecule has 2 rings (SSSR count). The molecule has 0 aliphatic carbocycles. The highest BCUT2D eigenvalue weighted by Gasteiger charge is 2.14. The van der Waals surface area contributed by atoms with Gasteiger partial charge in [-0.3, -0.25) is 0 Å². The summed E-state index contributed by atoms with van der Waals surface area (Å²) >= 11 is 0. The summed E-state index contributed by atoms with van der Waals surface area (Å²) in [4.78, 5) is 4.88. The van der Waals surface area contributed by atoms with Crippen LogP contribution in [0, 0.1) is 0 Å². The van der Waals surface area contributed by atoms with Crippen LogP contribution in [0.2, 0.25) is 0 Å². The highest BCUT2D eigenvalue weighted by atomic mass is 15.2. The summed E-state index contributed by atoms with van der Waals surface area (Å²) in [7, 11) is 2.20. The number of likely N-dealkylation sites (N-methyl/N-ethyl adjacent to an activating group) is 1. The lowest BCUT2D eigenvalue weighted by Gasteiger charge is -2.34. The van der Waals surface area contributed by atoms with Gasteiger partial charge in [0.05, 0.1) is 0 Å². The van der Waals surface area contributed by atoms with Crippen molar-refractivity contribution in [2.45, 2.75) is 76.2 Å². The van der Waals surface area contributed by atoms with Crippen LogP contribution in [0.5, 0.6) is 0 Å². The van der Waals surface area contributed by atoms with Crippen LogP contribution < -0.4 is 4.90 Å². The van der Waals surface area contributed by atoms with Crippen LogP contribution in [-0.4, -0.2) is 38.1 Å². The van der Waals surface area contributed by atoms with Gasteiger partial charge in [0.25, 0.3) is 0 Å². The molecule has 0 saturated carbocycles. The zero-order chi connectivity index (χ0) is 22.3. The first kappa shape index (κ1) is 28.7. The Kier molecular flexibility index (Phi) is 16.8. The van der Waals surface area contributed by atoms with Gasteiger partial charge in [0.15, 0.2) is 0 Å². The summed E-state index contributed by atoms with van der Waals surface area (Å²) in [6.07, 6.45) is 0. The summed E-state index contributed by atoms with van der Waals surface area (Å²) < 4.78 is 0. The number of rotatable bonds is 3. The first-order valence-electron chi connectivity index (χ1n) is 11.3. The van der Waals surface area contributed by atoms with E-state index in [4.69, 9.17) is 0 Å². The normalized spacial score (nSPS) is 12.9. The largest absolute Gasteiger partial charge is 0.369 e. The SMILES string of the molecule is CC.CC.CC.CC(C)=C(C)C(=C(C)C)c1ccc(N2CCN(C)CC2)cc1. The lowest BCUT2D eigenvalue weighted by molar-refractivity contribution is 0.313. The predicted molar refractivity (Wildman–Crippen MR) is 133 cm³/mol. The molecule has 1 aliphatic heterocycles. The van der Waals surface area contributed by atoms with Crippen molar-refractivity contribution in [2.24, 2.45) is 0 Å². The molecule has 1 fully saturated rings. The Hall–Kier alpha value is -1.54. The Balaban J connectivity index is 0. The number of allylic oxidation sites excluding steroid dienone is 4. The predicted octanol–water partition coefficient (Wildman–Crippen LogP) is 7.67. The molecule has 0 radical (unpaired) electrons. The molecule has 1 aliphatic rings. The van der Waals surface area contributed by atoms with Crippen LogP contribution >= 0.6 is 0 Å². The van der Waals surface area contributed by atoms with Gasteiger partial charge < -0.3 is 9.80 Å². The fourth-order valence-corrected chi connectivity index (χ4v) is 3.03. The first-order valence-corrected chi connectivity index (χ1v) is 11.3. The van der Waals surface area contributed by atoms with E-state index in [-0.39, 0.29) is 0 Å². The summed E-state index contributed by atoms with van der Waals surface area (Å²) in [6.45, 7) is 27.6. The average molecular weight is 389 g/mol. The number of benzene rings is 1. The lowest BCUT2D eigenvalue weighted by atomic mass is 9.92. The van der Waals surface area contributed by atoms with Crippen molar-refractivity contribution < 1.29 is 0 Å². The molecule has 0 bridgehead atoms. The average Bonchev–Trinajstić information content (AvgIpc) is 2.73. The molecule has 2 nitrogen and oxygen atoms in total. The third-order valence-corrected chi connectivity index (χ3v) is 4.65. The molecule has 28 heavy (non-hydrogen) atoms. The standard InChI is InChI=1S/C20H30N2.3C2H6/c1-15(2)17(5)20(16(3)4)18-7-9-19(10-8-18)22-13-11-21(6)12-14-22;3*1-2/h7-10H,11-14H2,1-6H3;3*1-2H3. The molecule has 0 N–H and O–H groups in total. The third-order valence-electron chi connectivity index (χ3n) is 4.65. The Labute approximate surface area is 177 Å². The second-order valence-corrected chi connectivity index (χ2v) is 6.84. The van der Waals surface area contributed by atoms with Gasteiger partial charge in [0.1, 0.15) is 0 Å². The summed E-state index contributed by atoms with van der Waals surface area (Å²) in [5.41, 5.74) is 8.24. The van der Waals surface area contributed by atoms with E-state index >= 15 is 0 Å². The fourth-order valence-electron chi connectivity index (χ4n) is 3.03. The second kappa shape index (κ2) is 16.4. The van der Waals surface area contributed by atoms with Crippen LogP contribution in [0.4, 0.5) is 5.69 Å². The zero-order valence-corrected chi connectivity index (χ0v) is 21.0. The fraction of sp³-hybridized carbons (Fsp3) is 0.615. The molecule has 1 aromatic rings. The highest BCUT2D eigenvalue weighted by Crippen LogP contribution is 2.30. The van der Waals surface area contributed by atoms with Gasteiger partial charge in [-0.2, -0.15) is 0 Å². The summed E-state index contributed by atoms with van der Waals surface area (Å²) in [5.74, 6) is 0. The Bertz CT molecular complexity index is 563. The zero-order valence-electron chi connectivity index (χ0n) is 21.0. The molecule has 0 spiro atoms. The molecule has 1 saturated heterocycles. The van der Waals surface area contributed by atoms with E-state index in [0.29, 0.717) is 0 Å². The van der Waals surface area contributed by atoms with Crippen molar-refractivity contribution in [3.63, 3.8) is 0 Å². The van der Waals surface area contributed by atoms with Crippen LogP contribution in [0.25, 0.3) is 5.57 Å². The van der Waals surface area contributed by atoms with Crippen molar-refractivity contribution in [1.29, 1.82) is 0 Å². The summed E-state index contributed by atoms with van der Waals surface area (Å²) in [6, 6.07) is 9.12. The van der Waals surface area contributed by atoms with Gasteiger partial charge in [-0.15, -0.1) is 0 Å². The maximum Gasteiger partial charge on any atom is 0.0367 e. The van der Waals surface area contributed by atoms with Gasteiger partial charge >= 0.3 is 0 Å². The third kappa shape index (κ3) is 9.10. The highest BCUT2D eigenvalue weighted by molar-refractivity contribution is 5.81. The minimum Gasteiger partial charge on any atom is -0.369 e. The van der Waals surface area contributed by atoms with Crippen molar-refractivity contribution >= 4 is 11.3 Å². The van der Waals surface area contributed by atoms with E-state index in [1.807, 2.05) is 41.5 Å². The van der Waals surface area contributed by atoms with E-state index in [1.54, 1.807) is 0 Å². The van der Waals surface area contributed by atoms with E-state index < -0.39 is 0 Å². The number of hydrogen-bond acceptors (Lipinski definition) is 2. The molecule has 2 heteroatoms. The molecule has 1 heterocycles. The van der Waals surface area contributed by atoms with E-state index in [1.165, 1.54) is 33.5 Å². The number of piperazine rings is 1. The number of hydrogen-bond donors (Lipinski definition) is 0. The molecule has 162 valence electrons. The molecular formula is C26H48N2. The van der Waals surface area contributed by atoms with E-state index in [9.17, 15) is 0 Å². The molecule has 1 aromatic carbocycles. The van der Waals surface area contributed by atoms with Crippen LogP contribution in [0.3, 0.4) is 0 Å². The van der Waals surface area contributed by atoms with Gasteiger partial charge in [-0.05, 0) is 70.5 Å². The lowest BCUT2D eigenvalue weighted by Crippen LogP contribution is -2.44. The number of anilines is 1. The van der Waals surface area contributed by atoms with Crippen LogP contribution in [-0.2, 0) is 0 Å². The minimum absolute atomic E-state index is 1.12. The van der Waals surface area contributed by atoms with Crippen molar-refractivity contribution in [2.75, 3.05) is 38.1 Å². The maximum atomic E-state index is 2.49.